The van der Waals surface area contributed by atoms with E-state index in [2.05, 4.69) is 0 Å². The summed E-state index contributed by atoms with van der Waals surface area (Å²) in [7, 11) is 0. The summed E-state index contributed by atoms with van der Waals surface area (Å²) in [5.74, 6) is 0.393. The van der Waals surface area contributed by atoms with Crippen LogP contribution in [0.15, 0.2) is 23.7 Å². The van der Waals surface area contributed by atoms with E-state index >= 15 is 0 Å². The summed E-state index contributed by atoms with van der Waals surface area (Å²) in [5, 5.41) is 0. The predicted octanol–water partition coefficient (Wildman–Crippen LogP) is 2.10. The average Bonchev–Trinajstić information content (AvgIpc) is 2.03. The fourth-order valence-electron chi connectivity index (χ4n) is 0.525. The Morgan fingerprint density at radius 1 is 1.15 bits per heavy atom. The first-order chi connectivity index (χ1) is 6.02. The van der Waals surface area contributed by atoms with Crippen LogP contribution in [0.5, 0.6) is 0 Å². The Morgan fingerprint density at radius 3 is 1.92 bits per heavy atom. The van der Waals surface area contributed by atoms with Gasteiger partial charge >= 0.3 is 0 Å². The van der Waals surface area contributed by atoms with E-state index in [1.54, 1.807) is 19.1 Å². The molecule has 4 N–H and O–H groups in total. The lowest BCUT2D eigenvalue weighted by molar-refractivity contribution is 0.145. The highest BCUT2D eigenvalue weighted by Gasteiger charge is 1.92. The fourth-order valence-corrected chi connectivity index (χ4v) is 0.525. The van der Waals surface area contributed by atoms with E-state index in [1.807, 2.05) is 27.7 Å². The molecule has 0 spiro atoms. The first-order valence-electron chi connectivity index (χ1n) is 4.58. The molecule has 0 aliphatic heterocycles. The minimum atomic E-state index is 0.109. The largest absolute Gasteiger partial charge is 0.477 e. The van der Waals surface area contributed by atoms with Gasteiger partial charge in [-0.1, -0.05) is 13.8 Å². The van der Waals surface area contributed by atoms with E-state index in [4.69, 9.17) is 16.2 Å². The van der Waals surface area contributed by atoms with Crippen LogP contribution in [0.4, 0.5) is 0 Å². The Balaban J connectivity index is 0. The zero-order chi connectivity index (χ0) is 10.9. The van der Waals surface area contributed by atoms with Gasteiger partial charge in [0, 0.05) is 5.70 Å². The summed E-state index contributed by atoms with van der Waals surface area (Å²) in [4.78, 5) is 0. The van der Waals surface area contributed by atoms with Crippen molar-refractivity contribution in [1.82, 2.24) is 0 Å². The lowest BCUT2D eigenvalue weighted by Gasteiger charge is -2.07. The summed E-state index contributed by atoms with van der Waals surface area (Å²) in [6.07, 6.45) is 3.46. The highest BCUT2D eigenvalue weighted by molar-refractivity contribution is 5.09. The monoisotopic (exact) mass is 186 g/mol. The molecule has 0 atom stereocenters. The van der Waals surface area contributed by atoms with E-state index in [1.165, 1.54) is 0 Å². The Morgan fingerprint density at radius 2 is 1.62 bits per heavy atom. The normalized spacial score (nSPS) is 12.2. The van der Waals surface area contributed by atoms with Gasteiger partial charge in [-0.2, -0.15) is 0 Å². The Hall–Kier alpha value is -1.12. The maximum absolute atomic E-state index is 5.46. The smallest absolute Gasteiger partial charge is 0.184 e. The van der Waals surface area contributed by atoms with Crippen molar-refractivity contribution in [2.75, 3.05) is 0 Å². The molecule has 0 aliphatic carbocycles. The molecule has 3 heteroatoms. The van der Waals surface area contributed by atoms with Gasteiger partial charge in [-0.25, -0.2) is 0 Å². The maximum Gasteiger partial charge on any atom is 0.184 e. The average molecular weight is 186 g/mol. The van der Waals surface area contributed by atoms with Crippen LogP contribution in [0.1, 0.15) is 34.6 Å². The second kappa shape index (κ2) is 8.97. The molecule has 0 radical (unpaired) electrons. The quantitative estimate of drug-likeness (QED) is 0.524. The summed E-state index contributed by atoms with van der Waals surface area (Å²) in [5.41, 5.74) is 11.5. The number of rotatable bonds is 3. The second-order valence-corrected chi connectivity index (χ2v) is 2.65. The Kier molecular flexibility index (Phi) is 9.94. The molecule has 0 amide bonds. The van der Waals surface area contributed by atoms with Crippen molar-refractivity contribution in [2.45, 2.75) is 40.7 Å². The van der Waals surface area contributed by atoms with Gasteiger partial charge in [-0.3, -0.25) is 0 Å². The van der Waals surface area contributed by atoms with Gasteiger partial charge in [0.05, 0.1) is 6.10 Å². The molecule has 0 aromatic carbocycles. The molecule has 13 heavy (non-hydrogen) atoms. The van der Waals surface area contributed by atoms with Crippen LogP contribution >= 0.6 is 0 Å². The van der Waals surface area contributed by atoms with Gasteiger partial charge in [0.25, 0.3) is 0 Å². The van der Waals surface area contributed by atoms with Gasteiger partial charge in [0.2, 0.25) is 0 Å². The molecule has 0 saturated heterocycles. The van der Waals surface area contributed by atoms with Crippen LogP contribution in [0.2, 0.25) is 0 Å². The fraction of sp³-hybridized carbons (Fsp3) is 0.600. The SMILES string of the molecule is C/C(N)=C/C=C(\N)OC(C)C.CC. The molecule has 0 bridgehead atoms. The number of hydrogen-bond donors (Lipinski definition) is 2. The molecule has 3 nitrogen and oxygen atoms in total. The molecule has 0 aromatic rings. The molecule has 0 fully saturated rings. The molecule has 0 aliphatic rings. The topological polar surface area (TPSA) is 61.3 Å². The van der Waals surface area contributed by atoms with Crippen molar-refractivity contribution in [2.24, 2.45) is 11.5 Å². The highest BCUT2D eigenvalue weighted by Crippen LogP contribution is 1.95. The van der Waals surface area contributed by atoms with Crippen molar-refractivity contribution in [3.05, 3.63) is 23.7 Å². The van der Waals surface area contributed by atoms with Crippen molar-refractivity contribution in [3.63, 3.8) is 0 Å². The van der Waals surface area contributed by atoms with E-state index in [0.29, 0.717) is 11.6 Å². The minimum absolute atomic E-state index is 0.109. The van der Waals surface area contributed by atoms with Gasteiger partial charge in [0.15, 0.2) is 5.88 Å². The molecule has 0 aromatic heterocycles. The Bertz CT molecular complexity index is 168. The lowest BCUT2D eigenvalue weighted by atomic mass is 10.4. The van der Waals surface area contributed by atoms with Crippen LogP contribution in [0, 0.1) is 0 Å². The van der Waals surface area contributed by atoms with E-state index in [0.717, 1.165) is 0 Å². The summed E-state index contributed by atoms with van der Waals surface area (Å²) >= 11 is 0. The van der Waals surface area contributed by atoms with Crippen molar-refractivity contribution in [1.29, 1.82) is 0 Å². The van der Waals surface area contributed by atoms with Crippen molar-refractivity contribution >= 4 is 0 Å². The van der Waals surface area contributed by atoms with Crippen molar-refractivity contribution in [3.8, 4) is 0 Å². The van der Waals surface area contributed by atoms with E-state index in [-0.39, 0.29) is 6.10 Å². The number of hydrogen-bond acceptors (Lipinski definition) is 3. The van der Waals surface area contributed by atoms with Crippen LogP contribution in [-0.2, 0) is 4.74 Å². The second-order valence-electron chi connectivity index (χ2n) is 2.65. The number of nitrogens with two attached hydrogens (primary N) is 2. The number of ether oxygens (including phenoxy) is 1. The van der Waals surface area contributed by atoms with Crippen molar-refractivity contribution < 1.29 is 4.74 Å². The summed E-state index contributed by atoms with van der Waals surface area (Å²) < 4.78 is 5.14. The minimum Gasteiger partial charge on any atom is -0.477 e. The first-order valence-corrected chi connectivity index (χ1v) is 4.58. The zero-order valence-corrected chi connectivity index (χ0v) is 9.29. The molecule has 78 valence electrons. The zero-order valence-electron chi connectivity index (χ0n) is 9.29. The van der Waals surface area contributed by atoms with Crippen LogP contribution in [-0.4, -0.2) is 6.10 Å². The third kappa shape index (κ3) is 13.8. The predicted molar refractivity (Wildman–Crippen MR) is 57.8 cm³/mol. The molecular formula is C10H22N2O. The maximum atomic E-state index is 5.46. The van der Waals surface area contributed by atoms with Crippen LogP contribution < -0.4 is 11.5 Å². The summed E-state index contributed by atoms with van der Waals surface area (Å²) in [6, 6.07) is 0. The molecule has 0 rings (SSSR count). The van der Waals surface area contributed by atoms with Crippen LogP contribution in [0.25, 0.3) is 0 Å². The summed E-state index contributed by atoms with van der Waals surface area (Å²) in [6.45, 7) is 9.62. The molecule has 0 heterocycles. The van der Waals surface area contributed by atoms with Gasteiger partial charge in [-0.05, 0) is 32.9 Å². The van der Waals surface area contributed by atoms with Gasteiger partial charge in [-0.15, -0.1) is 0 Å². The highest BCUT2D eigenvalue weighted by atomic mass is 16.5. The van der Waals surface area contributed by atoms with Gasteiger partial charge in [0.1, 0.15) is 0 Å². The first kappa shape index (κ1) is 14.4. The third-order valence-corrected chi connectivity index (χ3v) is 0.882. The van der Waals surface area contributed by atoms with E-state index < -0.39 is 0 Å². The molecule has 0 saturated carbocycles. The number of allylic oxidation sites excluding steroid dienone is 3. The third-order valence-electron chi connectivity index (χ3n) is 0.882. The Labute approximate surface area is 81.4 Å². The lowest BCUT2D eigenvalue weighted by Crippen LogP contribution is -2.08. The van der Waals surface area contributed by atoms with Crippen LogP contribution in [0.3, 0.4) is 0 Å². The molecular weight excluding hydrogens is 164 g/mol. The van der Waals surface area contributed by atoms with Gasteiger partial charge < -0.3 is 16.2 Å². The standard InChI is InChI=1S/C8H16N2O.C2H6/c1-6(2)11-8(10)5-4-7(3)9;1-2/h4-6H,9-10H2,1-3H3;1-2H3/b7-4-,8-5+;. The molecule has 0 unspecified atom stereocenters. The van der Waals surface area contributed by atoms with E-state index in [9.17, 15) is 0 Å².